The molecule has 0 spiro atoms. The predicted octanol–water partition coefficient (Wildman–Crippen LogP) is 4.24. The number of nitrogens with one attached hydrogen (secondary N) is 2. The van der Waals surface area contributed by atoms with Crippen LogP contribution < -0.4 is 5.32 Å². The molecule has 0 saturated carbocycles. The van der Waals surface area contributed by atoms with E-state index >= 15 is 0 Å². The molecule has 0 unspecified atom stereocenters. The third kappa shape index (κ3) is 3.41. The Balaban J connectivity index is 1.80. The molecule has 0 aliphatic carbocycles. The van der Waals surface area contributed by atoms with Crippen LogP contribution in [0.2, 0.25) is 0 Å². The van der Waals surface area contributed by atoms with Crippen LogP contribution in [0.4, 0.5) is 0 Å². The van der Waals surface area contributed by atoms with E-state index in [0.29, 0.717) is 18.0 Å². The topological polar surface area (TPSA) is 65.2 Å². The van der Waals surface area contributed by atoms with Gasteiger partial charge in [0.2, 0.25) is 5.91 Å². The fourth-order valence-electron chi connectivity index (χ4n) is 4.28. The summed E-state index contributed by atoms with van der Waals surface area (Å²) in [6.45, 7) is 4.92. The van der Waals surface area contributed by atoms with Crippen molar-refractivity contribution < 1.29 is 9.59 Å². The van der Waals surface area contributed by atoms with Crippen molar-refractivity contribution in [1.82, 2.24) is 15.2 Å². The van der Waals surface area contributed by atoms with E-state index in [9.17, 15) is 9.59 Å². The van der Waals surface area contributed by atoms with Crippen LogP contribution >= 0.6 is 0 Å². The number of hydrogen-bond donors (Lipinski definition) is 2. The second-order valence-electron chi connectivity index (χ2n) is 8.19. The van der Waals surface area contributed by atoms with Crippen LogP contribution in [0.15, 0.2) is 54.7 Å². The van der Waals surface area contributed by atoms with Crippen molar-refractivity contribution in [3.05, 3.63) is 71.4 Å². The quantitative estimate of drug-likeness (QED) is 0.685. The zero-order valence-electron chi connectivity index (χ0n) is 17.1. The first-order valence-electron chi connectivity index (χ1n) is 10.2. The maximum atomic E-state index is 13.4. The van der Waals surface area contributed by atoms with Gasteiger partial charge in [0.15, 0.2) is 0 Å². The SMILES string of the molecule is CC(C)CCNC(=O)[C@H]1c2ccccc2C(=O)N(C)[C@@H]1c1c[nH]c2ccccc12. The Morgan fingerprint density at radius 1 is 1.10 bits per heavy atom. The lowest BCUT2D eigenvalue weighted by Crippen LogP contribution is -2.45. The number of para-hydroxylation sites is 1. The minimum absolute atomic E-state index is 0.0345. The van der Waals surface area contributed by atoms with Gasteiger partial charge in [0, 0.05) is 41.8 Å². The number of aromatic nitrogens is 1. The number of nitrogens with zero attached hydrogens (tertiary/aromatic N) is 1. The number of carbonyl (C=O) groups excluding carboxylic acids is 2. The highest BCUT2D eigenvalue weighted by Gasteiger charge is 2.43. The fraction of sp³-hybridized carbons (Fsp3) is 0.333. The summed E-state index contributed by atoms with van der Waals surface area (Å²) < 4.78 is 0. The van der Waals surface area contributed by atoms with Crippen molar-refractivity contribution in [2.75, 3.05) is 13.6 Å². The summed E-state index contributed by atoms with van der Waals surface area (Å²) in [5, 5.41) is 4.15. The third-order valence-corrected chi connectivity index (χ3v) is 5.82. The van der Waals surface area contributed by atoms with Crippen molar-refractivity contribution in [3.63, 3.8) is 0 Å². The minimum Gasteiger partial charge on any atom is -0.361 e. The first kappa shape index (κ1) is 19.2. The van der Waals surface area contributed by atoms with Gasteiger partial charge in [-0.25, -0.2) is 0 Å². The summed E-state index contributed by atoms with van der Waals surface area (Å²) in [6, 6.07) is 15.1. The summed E-state index contributed by atoms with van der Waals surface area (Å²) in [4.78, 5) is 31.5. The zero-order chi connectivity index (χ0) is 20.5. The van der Waals surface area contributed by atoms with Crippen LogP contribution in [-0.4, -0.2) is 35.3 Å². The first-order chi connectivity index (χ1) is 14.0. The Kier molecular flexibility index (Phi) is 5.14. The molecule has 3 aromatic rings. The van der Waals surface area contributed by atoms with Gasteiger partial charge in [-0.05, 0) is 30.0 Å². The van der Waals surface area contributed by atoms with Gasteiger partial charge in [-0.1, -0.05) is 50.2 Å². The summed E-state index contributed by atoms with van der Waals surface area (Å²) in [5.74, 6) is -0.0299. The van der Waals surface area contributed by atoms with Crippen LogP contribution in [0.1, 0.15) is 53.7 Å². The largest absolute Gasteiger partial charge is 0.361 e. The second-order valence-corrected chi connectivity index (χ2v) is 8.19. The lowest BCUT2D eigenvalue weighted by molar-refractivity contribution is -0.124. The molecular weight excluding hydrogens is 362 g/mol. The highest BCUT2D eigenvalue weighted by Crippen LogP contribution is 2.44. The Bertz CT molecular complexity index is 1050. The van der Waals surface area contributed by atoms with Crippen molar-refractivity contribution >= 4 is 22.7 Å². The summed E-state index contributed by atoms with van der Waals surface area (Å²) in [6.07, 6.45) is 2.86. The molecule has 150 valence electrons. The standard InChI is InChI=1S/C24H27N3O2/c1-15(2)12-13-25-23(28)21-17-9-4-5-10-18(17)24(29)27(3)22(21)19-14-26-20-11-7-6-8-16(19)20/h4-11,14-15,21-22,26H,12-13H2,1-3H3,(H,25,28)/t21-,22+/m0/s1. The lowest BCUT2D eigenvalue weighted by Gasteiger charge is -2.39. The molecule has 5 nitrogen and oxygen atoms in total. The molecule has 1 aromatic heterocycles. The minimum atomic E-state index is -0.458. The fourth-order valence-corrected chi connectivity index (χ4v) is 4.28. The van der Waals surface area contributed by atoms with Gasteiger partial charge in [0.05, 0.1) is 12.0 Å². The van der Waals surface area contributed by atoms with E-state index in [1.165, 1.54) is 0 Å². The predicted molar refractivity (Wildman–Crippen MR) is 115 cm³/mol. The smallest absolute Gasteiger partial charge is 0.254 e. The number of carbonyl (C=O) groups is 2. The maximum absolute atomic E-state index is 13.4. The van der Waals surface area contributed by atoms with Crippen LogP contribution in [0.5, 0.6) is 0 Å². The van der Waals surface area contributed by atoms with Gasteiger partial charge in [-0.15, -0.1) is 0 Å². The molecule has 2 N–H and O–H groups in total. The molecule has 4 rings (SSSR count). The number of rotatable bonds is 5. The zero-order valence-corrected chi connectivity index (χ0v) is 17.1. The summed E-state index contributed by atoms with van der Waals surface area (Å²) in [7, 11) is 1.79. The number of fused-ring (bicyclic) bond motifs is 2. The molecule has 0 bridgehead atoms. The normalized spacial score (nSPS) is 18.9. The van der Waals surface area contributed by atoms with Gasteiger partial charge in [0.1, 0.15) is 0 Å². The third-order valence-electron chi connectivity index (χ3n) is 5.82. The van der Waals surface area contributed by atoms with E-state index in [1.54, 1.807) is 11.9 Å². The Labute approximate surface area is 171 Å². The lowest BCUT2D eigenvalue weighted by atomic mass is 9.79. The highest BCUT2D eigenvalue weighted by molar-refractivity contribution is 6.02. The number of aromatic amines is 1. The average molecular weight is 389 g/mol. The van der Waals surface area contributed by atoms with Crippen molar-refractivity contribution in [3.8, 4) is 0 Å². The van der Waals surface area contributed by atoms with Crippen molar-refractivity contribution in [2.45, 2.75) is 32.2 Å². The summed E-state index contributed by atoms with van der Waals surface area (Å²) in [5.41, 5.74) is 3.37. The molecule has 1 aliphatic heterocycles. The molecular formula is C24H27N3O2. The molecule has 2 atom stereocenters. The number of likely N-dealkylation sites (N-methyl/N-ethyl adjacent to an activating group) is 1. The first-order valence-corrected chi connectivity index (χ1v) is 10.2. The van der Waals surface area contributed by atoms with Gasteiger partial charge in [-0.3, -0.25) is 9.59 Å². The van der Waals surface area contributed by atoms with Gasteiger partial charge in [0.25, 0.3) is 5.91 Å². The van der Waals surface area contributed by atoms with Crippen molar-refractivity contribution in [2.24, 2.45) is 5.92 Å². The molecule has 0 saturated heterocycles. The summed E-state index contributed by atoms with van der Waals surface area (Å²) >= 11 is 0. The number of benzene rings is 2. The van der Waals surface area contributed by atoms with E-state index in [2.05, 4.69) is 24.1 Å². The van der Waals surface area contributed by atoms with Crippen LogP contribution in [-0.2, 0) is 4.79 Å². The molecule has 0 fully saturated rings. The second kappa shape index (κ2) is 7.74. The monoisotopic (exact) mass is 389 g/mol. The van der Waals surface area contributed by atoms with Crippen LogP contribution in [0.25, 0.3) is 10.9 Å². The molecule has 2 aromatic carbocycles. The van der Waals surface area contributed by atoms with Gasteiger partial charge in [-0.2, -0.15) is 0 Å². The van der Waals surface area contributed by atoms with E-state index < -0.39 is 5.92 Å². The molecule has 5 heteroatoms. The number of hydrogen-bond acceptors (Lipinski definition) is 2. The van der Waals surface area contributed by atoms with Crippen LogP contribution in [0, 0.1) is 5.92 Å². The van der Waals surface area contributed by atoms with Gasteiger partial charge < -0.3 is 15.2 Å². The maximum Gasteiger partial charge on any atom is 0.254 e. The number of H-pyrrole nitrogens is 1. The van der Waals surface area contributed by atoms with E-state index in [-0.39, 0.29) is 17.9 Å². The molecule has 0 radical (unpaired) electrons. The Hall–Kier alpha value is -3.08. The average Bonchev–Trinajstić information content (AvgIpc) is 3.14. The van der Waals surface area contributed by atoms with E-state index in [4.69, 9.17) is 0 Å². The van der Waals surface area contributed by atoms with E-state index in [0.717, 1.165) is 28.5 Å². The van der Waals surface area contributed by atoms with E-state index in [1.807, 2.05) is 54.7 Å². The highest BCUT2D eigenvalue weighted by atomic mass is 16.2. The molecule has 2 heterocycles. The molecule has 1 aliphatic rings. The Morgan fingerprint density at radius 2 is 1.83 bits per heavy atom. The molecule has 2 amide bonds. The molecule has 29 heavy (non-hydrogen) atoms. The Morgan fingerprint density at radius 3 is 2.62 bits per heavy atom. The van der Waals surface area contributed by atoms with Crippen LogP contribution in [0.3, 0.4) is 0 Å². The van der Waals surface area contributed by atoms with Gasteiger partial charge >= 0.3 is 0 Å². The van der Waals surface area contributed by atoms with Crippen molar-refractivity contribution in [1.29, 1.82) is 0 Å². The number of amides is 2.